The van der Waals surface area contributed by atoms with Gasteiger partial charge >= 0.3 is 37.9 Å². The first-order valence-corrected chi connectivity index (χ1v) is 20.0. The van der Waals surface area contributed by atoms with Crippen LogP contribution in [0.1, 0.15) is 91.9 Å². The van der Waals surface area contributed by atoms with Crippen LogP contribution in [-0.4, -0.2) is 0 Å². The Bertz CT molecular complexity index is 549. The summed E-state index contributed by atoms with van der Waals surface area (Å²) in [6.07, 6.45) is 27.5. The first-order chi connectivity index (χ1) is 16.8. The molecular formula is C32H46Cl2Zr. The van der Waals surface area contributed by atoms with Gasteiger partial charge in [-0.15, -0.1) is 0 Å². The van der Waals surface area contributed by atoms with Crippen LogP contribution in [0.2, 0.25) is 0 Å². The Labute approximate surface area is 238 Å². The van der Waals surface area contributed by atoms with E-state index in [1.165, 1.54) is 99.0 Å². The molecule has 0 N–H and O–H groups in total. The van der Waals surface area contributed by atoms with Gasteiger partial charge in [-0.25, -0.2) is 0 Å². The minimum atomic E-state index is -0.826. The average Bonchev–Trinajstić information content (AvgIpc) is 3.56. The van der Waals surface area contributed by atoms with Crippen LogP contribution in [0.15, 0.2) is 24.3 Å². The van der Waals surface area contributed by atoms with E-state index in [9.17, 15) is 0 Å². The Morgan fingerprint density at radius 2 is 0.971 bits per heavy atom. The summed E-state index contributed by atoms with van der Waals surface area (Å²) < 4.78 is 0. The fraction of sp³-hybridized carbons (Fsp3) is 0.562. The third-order valence-electron chi connectivity index (χ3n) is 7.83. The fourth-order valence-electron chi connectivity index (χ4n) is 5.41. The first kappa shape index (κ1) is 32.2. The van der Waals surface area contributed by atoms with E-state index in [0.29, 0.717) is 11.8 Å². The molecule has 0 aromatic rings. The Kier molecular flexibility index (Phi) is 16.1. The van der Waals surface area contributed by atoms with Crippen molar-refractivity contribution in [1.82, 2.24) is 0 Å². The van der Waals surface area contributed by atoms with E-state index in [0.717, 1.165) is 11.8 Å². The molecule has 0 spiro atoms. The second kappa shape index (κ2) is 17.5. The van der Waals surface area contributed by atoms with Gasteiger partial charge in [-0.05, 0) is 99.7 Å². The molecule has 0 heterocycles. The van der Waals surface area contributed by atoms with Crippen LogP contribution in [-0.2, 0) is 20.8 Å². The van der Waals surface area contributed by atoms with Gasteiger partial charge in [0.15, 0.2) is 0 Å². The molecule has 4 aliphatic carbocycles. The van der Waals surface area contributed by atoms with Crippen molar-refractivity contribution in [2.45, 2.75) is 91.9 Å². The van der Waals surface area contributed by atoms with Crippen LogP contribution in [0.3, 0.4) is 0 Å². The van der Waals surface area contributed by atoms with Crippen molar-refractivity contribution >= 4 is 17.0 Å². The molecular weight excluding hydrogens is 546 g/mol. The maximum absolute atomic E-state index is 4.93. The van der Waals surface area contributed by atoms with Gasteiger partial charge in [-0.2, -0.15) is 0 Å². The van der Waals surface area contributed by atoms with Crippen molar-refractivity contribution in [2.24, 2.45) is 23.7 Å². The van der Waals surface area contributed by atoms with E-state index >= 15 is 0 Å². The van der Waals surface area contributed by atoms with Crippen molar-refractivity contribution in [3.05, 3.63) is 86.5 Å². The van der Waals surface area contributed by atoms with Gasteiger partial charge in [0.25, 0.3) is 0 Å². The van der Waals surface area contributed by atoms with Crippen LogP contribution < -0.4 is 0 Å². The Morgan fingerprint density at radius 3 is 1.23 bits per heavy atom. The molecule has 0 saturated heterocycles. The average molecular weight is 593 g/mol. The van der Waals surface area contributed by atoms with Crippen LogP contribution in [0.5, 0.6) is 0 Å². The Balaban J connectivity index is 0.000000222. The monoisotopic (exact) mass is 590 g/mol. The zero-order valence-corrected chi connectivity index (χ0v) is 26.5. The van der Waals surface area contributed by atoms with Crippen molar-refractivity contribution < 1.29 is 20.8 Å². The van der Waals surface area contributed by atoms with Crippen LogP contribution in [0.4, 0.5) is 0 Å². The molecule has 0 bridgehead atoms. The second-order valence-corrected chi connectivity index (χ2v) is 14.7. The summed E-state index contributed by atoms with van der Waals surface area (Å²) in [6.45, 7) is 17.7. The number of allylic oxidation sites excluding steroid dienone is 2. The van der Waals surface area contributed by atoms with Crippen molar-refractivity contribution in [2.75, 3.05) is 0 Å². The second-order valence-electron chi connectivity index (χ2n) is 11.0. The van der Waals surface area contributed by atoms with Gasteiger partial charge in [0, 0.05) is 11.8 Å². The van der Waals surface area contributed by atoms with Gasteiger partial charge in [-0.3, -0.25) is 0 Å². The zero-order chi connectivity index (χ0) is 25.8. The summed E-state index contributed by atoms with van der Waals surface area (Å²) in [6, 6.07) is 0. The summed E-state index contributed by atoms with van der Waals surface area (Å²) in [4.78, 5) is 0. The summed E-state index contributed by atoms with van der Waals surface area (Å²) in [5, 5.41) is 0. The quantitative estimate of drug-likeness (QED) is 0.288. The van der Waals surface area contributed by atoms with Gasteiger partial charge in [-0.1, -0.05) is 90.5 Å². The molecule has 0 aliphatic heterocycles. The van der Waals surface area contributed by atoms with Gasteiger partial charge in [0.1, 0.15) is 0 Å². The molecule has 192 valence electrons. The Morgan fingerprint density at radius 1 is 0.657 bits per heavy atom. The molecule has 0 amide bonds. The number of halogens is 2. The third kappa shape index (κ3) is 10.9. The van der Waals surface area contributed by atoms with E-state index in [2.05, 4.69) is 79.4 Å². The summed E-state index contributed by atoms with van der Waals surface area (Å²) in [5.74, 6) is 8.43. The normalized spacial score (nSPS) is 23.7. The van der Waals surface area contributed by atoms with Crippen LogP contribution >= 0.6 is 17.0 Å². The van der Waals surface area contributed by atoms with Gasteiger partial charge < -0.3 is 0 Å². The third-order valence-corrected chi connectivity index (χ3v) is 7.83. The SMILES string of the molecule is C=C([C]1[CH][CH][C](C(C)C)[CH]1)C1CCCCC1.C=C([C]1[CH][CH][C](C(C)C)[CH]1)C1CCCCC1.[Cl][Zr][Cl]. The van der Waals surface area contributed by atoms with Crippen molar-refractivity contribution in [3.8, 4) is 0 Å². The number of hydrogen-bond acceptors (Lipinski definition) is 0. The zero-order valence-electron chi connectivity index (χ0n) is 22.5. The van der Waals surface area contributed by atoms with Crippen molar-refractivity contribution in [3.63, 3.8) is 0 Å². The molecule has 10 radical (unpaired) electrons. The van der Waals surface area contributed by atoms with E-state index < -0.39 is 20.8 Å². The molecule has 3 heteroatoms. The summed E-state index contributed by atoms with van der Waals surface area (Å²) >= 11 is -0.826. The maximum atomic E-state index is 4.93. The molecule has 4 aliphatic rings. The predicted molar refractivity (Wildman–Crippen MR) is 152 cm³/mol. The van der Waals surface area contributed by atoms with Crippen molar-refractivity contribution in [1.29, 1.82) is 0 Å². The molecule has 4 rings (SSSR count). The van der Waals surface area contributed by atoms with E-state index in [4.69, 9.17) is 17.0 Å². The summed E-state index contributed by atoms with van der Waals surface area (Å²) in [5.41, 5.74) is 2.76. The summed E-state index contributed by atoms with van der Waals surface area (Å²) in [7, 11) is 9.87. The van der Waals surface area contributed by atoms with Crippen LogP contribution in [0, 0.1) is 85.9 Å². The standard InChI is InChI=1S/2C16H23.2ClH.Zr/c2*1-12(2)15-9-10-16(11-15)13(3)14-7-5-4-6-8-14;;;/h2*9-12,14H,3-8H2,1-2H3;2*1H;/q;;;;+2/p-2. The number of hydrogen-bond donors (Lipinski definition) is 0. The molecule has 4 saturated carbocycles. The molecule has 0 unspecified atom stereocenters. The molecule has 4 fully saturated rings. The van der Waals surface area contributed by atoms with E-state index in [1.807, 2.05) is 0 Å². The molecule has 35 heavy (non-hydrogen) atoms. The molecule has 0 aromatic carbocycles. The minimum absolute atomic E-state index is 0.632. The molecule has 0 nitrogen and oxygen atoms in total. The first-order valence-electron chi connectivity index (χ1n) is 13.7. The topological polar surface area (TPSA) is 0 Å². The van der Waals surface area contributed by atoms with Crippen LogP contribution in [0.25, 0.3) is 0 Å². The predicted octanol–water partition coefficient (Wildman–Crippen LogP) is 10.5. The molecule has 0 aromatic heterocycles. The fourth-order valence-corrected chi connectivity index (χ4v) is 5.41. The van der Waals surface area contributed by atoms with Gasteiger partial charge in [0.2, 0.25) is 0 Å². The number of rotatable bonds is 6. The van der Waals surface area contributed by atoms with E-state index in [-0.39, 0.29) is 0 Å². The van der Waals surface area contributed by atoms with Gasteiger partial charge in [0.05, 0.1) is 0 Å². The van der Waals surface area contributed by atoms with E-state index in [1.54, 1.807) is 0 Å². The molecule has 0 atom stereocenters. The Hall–Kier alpha value is 0.943.